The van der Waals surface area contributed by atoms with Crippen molar-refractivity contribution in [2.45, 2.75) is 25.5 Å². The molecule has 0 aliphatic carbocycles. The van der Waals surface area contributed by atoms with Crippen LogP contribution in [0.15, 0.2) is 30.3 Å². The van der Waals surface area contributed by atoms with Crippen LogP contribution in [0.25, 0.3) is 0 Å². The highest BCUT2D eigenvalue weighted by molar-refractivity contribution is 9.09. The Morgan fingerprint density at radius 3 is 2.55 bits per heavy atom. The molecule has 1 aromatic carbocycles. The fourth-order valence-corrected chi connectivity index (χ4v) is 2.16. The van der Waals surface area contributed by atoms with E-state index in [2.05, 4.69) is 21.2 Å². The summed E-state index contributed by atoms with van der Waals surface area (Å²) in [6.07, 6.45) is -0.410. The van der Waals surface area contributed by atoms with E-state index in [1.165, 1.54) is 0 Å². The SMILES string of the molecule is CCOC(=O)[C@H](NC=O)[C@@H](OC(=O)CCBr)c1ccccc1. The Morgan fingerprint density at radius 1 is 1.32 bits per heavy atom. The van der Waals surface area contributed by atoms with E-state index in [9.17, 15) is 14.4 Å². The number of hydrogen-bond acceptors (Lipinski definition) is 5. The van der Waals surface area contributed by atoms with E-state index >= 15 is 0 Å². The van der Waals surface area contributed by atoms with E-state index in [-0.39, 0.29) is 13.0 Å². The smallest absolute Gasteiger partial charge is 0.332 e. The lowest BCUT2D eigenvalue weighted by Crippen LogP contribution is -2.43. The fraction of sp³-hybridized carbons (Fsp3) is 0.400. The first-order valence-electron chi connectivity index (χ1n) is 6.80. The second kappa shape index (κ2) is 9.94. The number of amides is 1. The highest BCUT2D eigenvalue weighted by Gasteiger charge is 2.33. The predicted molar refractivity (Wildman–Crippen MR) is 83.3 cm³/mol. The summed E-state index contributed by atoms with van der Waals surface area (Å²) in [5.74, 6) is -1.14. The third-order valence-electron chi connectivity index (χ3n) is 2.78. The lowest BCUT2D eigenvalue weighted by molar-refractivity contribution is -0.159. The maximum atomic E-state index is 12.0. The molecule has 0 radical (unpaired) electrons. The van der Waals surface area contributed by atoms with Gasteiger partial charge in [-0.2, -0.15) is 0 Å². The van der Waals surface area contributed by atoms with E-state index in [0.29, 0.717) is 17.3 Å². The van der Waals surface area contributed by atoms with Crippen LogP contribution < -0.4 is 5.32 Å². The van der Waals surface area contributed by atoms with Gasteiger partial charge in [-0.1, -0.05) is 46.3 Å². The van der Waals surface area contributed by atoms with Crippen LogP contribution in [-0.4, -0.2) is 36.3 Å². The molecule has 0 fully saturated rings. The molecule has 0 aliphatic heterocycles. The Balaban J connectivity index is 3.06. The maximum Gasteiger partial charge on any atom is 0.332 e. The zero-order valence-electron chi connectivity index (χ0n) is 12.2. The zero-order chi connectivity index (χ0) is 16.4. The van der Waals surface area contributed by atoms with Crippen molar-refractivity contribution in [1.29, 1.82) is 0 Å². The molecular formula is C15H18BrNO5. The third-order valence-corrected chi connectivity index (χ3v) is 3.17. The minimum absolute atomic E-state index is 0.153. The molecule has 0 aromatic heterocycles. The van der Waals surface area contributed by atoms with Gasteiger partial charge in [0.25, 0.3) is 0 Å². The molecular weight excluding hydrogens is 354 g/mol. The number of carbonyl (C=O) groups excluding carboxylic acids is 3. The molecule has 0 spiro atoms. The van der Waals surface area contributed by atoms with Crippen LogP contribution in [0.3, 0.4) is 0 Å². The zero-order valence-corrected chi connectivity index (χ0v) is 13.7. The van der Waals surface area contributed by atoms with E-state index in [1.807, 2.05) is 0 Å². The topological polar surface area (TPSA) is 81.7 Å². The van der Waals surface area contributed by atoms with Gasteiger partial charge < -0.3 is 14.8 Å². The number of esters is 2. The predicted octanol–water partition coefficient (Wildman–Crippen LogP) is 1.73. The molecule has 0 heterocycles. The number of nitrogens with one attached hydrogen (secondary N) is 1. The quantitative estimate of drug-likeness (QED) is 0.406. The molecule has 6 nitrogen and oxygen atoms in total. The van der Waals surface area contributed by atoms with Gasteiger partial charge in [-0.05, 0) is 12.5 Å². The van der Waals surface area contributed by atoms with Crippen LogP contribution in [0.2, 0.25) is 0 Å². The highest BCUT2D eigenvalue weighted by Crippen LogP contribution is 2.23. The summed E-state index contributed by atoms with van der Waals surface area (Å²) in [6, 6.07) is 7.63. The first-order valence-corrected chi connectivity index (χ1v) is 7.92. The molecule has 0 saturated heterocycles. The third kappa shape index (κ3) is 5.48. The van der Waals surface area contributed by atoms with Gasteiger partial charge in [0.2, 0.25) is 6.41 Å². The molecule has 0 aliphatic rings. The first kappa shape index (κ1) is 18.2. The van der Waals surface area contributed by atoms with Gasteiger partial charge in [-0.15, -0.1) is 0 Å². The number of rotatable bonds is 9. The Kier molecular flexibility index (Phi) is 8.21. The molecule has 22 heavy (non-hydrogen) atoms. The summed E-state index contributed by atoms with van der Waals surface area (Å²) < 4.78 is 10.3. The molecule has 0 saturated carbocycles. The second-order valence-electron chi connectivity index (χ2n) is 4.27. The Bertz CT molecular complexity index is 494. The number of alkyl halides is 1. The molecule has 0 unspecified atom stereocenters. The Hall–Kier alpha value is -1.89. The number of carbonyl (C=O) groups is 3. The monoisotopic (exact) mass is 371 g/mol. The van der Waals surface area contributed by atoms with E-state index in [4.69, 9.17) is 9.47 Å². The van der Waals surface area contributed by atoms with Crippen LogP contribution in [0.4, 0.5) is 0 Å². The lowest BCUT2D eigenvalue weighted by atomic mass is 10.0. The number of benzene rings is 1. The van der Waals surface area contributed by atoms with Crippen molar-refractivity contribution in [2.75, 3.05) is 11.9 Å². The van der Waals surface area contributed by atoms with Crippen molar-refractivity contribution in [2.24, 2.45) is 0 Å². The average molecular weight is 372 g/mol. The Labute approximate surface area is 137 Å². The summed E-state index contributed by atoms with van der Waals surface area (Å²) in [5.41, 5.74) is 0.595. The van der Waals surface area contributed by atoms with E-state index in [1.54, 1.807) is 37.3 Å². The highest BCUT2D eigenvalue weighted by atomic mass is 79.9. The van der Waals surface area contributed by atoms with Crippen LogP contribution >= 0.6 is 15.9 Å². The molecule has 1 aromatic rings. The van der Waals surface area contributed by atoms with Crippen molar-refractivity contribution >= 4 is 34.3 Å². The summed E-state index contributed by atoms with van der Waals surface area (Å²) in [4.78, 5) is 34.6. The summed E-state index contributed by atoms with van der Waals surface area (Å²) >= 11 is 3.15. The molecule has 1 rings (SSSR count). The summed E-state index contributed by atoms with van der Waals surface area (Å²) in [5, 5.41) is 2.81. The Morgan fingerprint density at radius 2 is 2.00 bits per heavy atom. The second-order valence-corrected chi connectivity index (χ2v) is 5.07. The van der Waals surface area contributed by atoms with Gasteiger partial charge >= 0.3 is 11.9 Å². The van der Waals surface area contributed by atoms with Crippen molar-refractivity contribution in [3.8, 4) is 0 Å². The molecule has 120 valence electrons. The van der Waals surface area contributed by atoms with Crippen molar-refractivity contribution in [3.05, 3.63) is 35.9 Å². The van der Waals surface area contributed by atoms with E-state index in [0.717, 1.165) is 0 Å². The van der Waals surface area contributed by atoms with Gasteiger partial charge in [0, 0.05) is 5.33 Å². The van der Waals surface area contributed by atoms with Crippen LogP contribution in [0.5, 0.6) is 0 Å². The minimum atomic E-state index is -1.10. The summed E-state index contributed by atoms with van der Waals surface area (Å²) in [7, 11) is 0. The molecule has 0 bridgehead atoms. The van der Waals surface area contributed by atoms with Gasteiger partial charge in [0.1, 0.15) is 0 Å². The first-order chi connectivity index (χ1) is 10.6. The largest absolute Gasteiger partial charge is 0.464 e. The molecule has 1 amide bonds. The van der Waals surface area contributed by atoms with Crippen LogP contribution in [0, 0.1) is 0 Å². The van der Waals surface area contributed by atoms with Crippen LogP contribution in [0.1, 0.15) is 25.0 Å². The van der Waals surface area contributed by atoms with Crippen LogP contribution in [-0.2, 0) is 23.9 Å². The maximum absolute atomic E-state index is 12.0. The number of hydrogen-bond donors (Lipinski definition) is 1. The van der Waals surface area contributed by atoms with Gasteiger partial charge in [-0.3, -0.25) is 9.59 Å². The minimum Gasteiger partial charge on any atom is -0.464 e. The van der Waals surface area contributed by atoms with Crippen molar-refractivity contribution < 1.29 is 23.9 Å². The average Bonchev–Trinajstić information content (AvgIpc) is 2.52. The standard InChI is InChI=1S/C15H18BrNO5/c1-2-21-15(20)13(17-10-18)14(22-12(19)8-9-16)11-6-4-3-5-7-11/h3-7,10,13-14H,2,8-9H2,1H3,(H,17,18)/t13-,14+/m1/s1. The molecule has 2 atom stereocenters. The number of halogens is 1. The van der Waals surface area contributed by atoms with Crippen molar-refractivity contribution in [1.82, 2.24) is 5.32 Å². The van der Waals surface area contributed by atoms with Crippen molar-refractivity contribution in [3.63, 3.8) is 0 Å². The number of ether oxygens (including phenoxy) is 2. The summed E-state index contributed by atoms with van der Waals surface area (Å²) in [6.45, 7) is 1.82. The van der Waals surface area contributed by atoms with E-state index < -0.39 is 24.1 Å². The molecule has 7 heteroatoms. The molecule has 1 N–H and O–H groups in total. The fourth-order valence-electron chi connectivity index (χ4n) is 1.83. The van der Waals surface area contributed by atoms with Gasteiger partial charge in [0.15, 0.2) is 12.1 Å². The lowest BCUT2D eigenvalue weighted by Gasteiger charge is -2.25. The van der Waals surface area contributed by atoms with Gasteiger partial charge in [-0.25, -0.2) is 4.79 Å². The van der Waals surface area contributed by atoms with Gasteiger partial charge in [0.05, 0.1) is 13.0 Å². The normalized spacial score (nSPS) is 12.8.